The number of benzene rings is 2. The van der Waals surface area contributed by atoms with Crippen LogP contribution in [0.25, 0.3) is 0 Å². The van der Waals surface area contributed by atoms with E-state index in [0.717, 1.165) is 36.3 Å². The molecule has 0 aliphatic heterocycles. The lowest BCUT2D eigenvalue weighted by Crippen LogP contribution is -2.21. The van der Waals surface area contributed by atoms with Crippen LogP contribution in [-0.2, 0) is 11.2 Å². The van der Waals surface area contributed by atoms with Crippen LogP contribution in [0.15, 0.2) is 42.5 Å². The molecule has 192 valence electrons. The van der Waals surface area contributed by atoms with Crippen LogP contribution < -0.4 is 10.6 Å². The molecule has 2 unspecified atom stereocenters. The summed E-state index contributed by atoms with van der Waals surface area (Å²) in [5.41, 5.74) is 2.78. The fourth-order valence-electron chi connectivity index (χ4n) is 4.25. The number of halogens is 2. The van der Waals surface area contributed by atoms with Crippen LogP contribution in [0.1, 0.15) is 70.9 Å². The molecular weight excluding hydrogens is 477 g/mol. The molecule has 0 saturated heterocycles. The monoisotopic (exact) mass is 517 g/mol. The van der Waals surface area contributed by atoms with Gasteiger partial charge in [0.15, 0.2) is 0 Å². The van der Waals surface area contributed by atoms with E-state index in [1.807, 2.05) is 19.2 Å². The molecule has 0 bridgehead atoms. The predicted molar refractivity (Wildman–Crippen MR) is 150 cm³/mol. The van der Waals surface area contributed by atoms with E-state index in [4.69, 9.17) is 28.5 Å². The lowest BCUT2D eigenvalue weighted by atomic mass is 9.74. The van der Waals surface area contributed by atoms with Gasteiger partial charge in [-0.1, -0.05) is 75.4 Å². The topological polar surface area (TPSA) is 64.9 Å². The lowest BCUT2D eigenvalue weighted by molar-refractivity contribution is -0.114. The lowest BCUT2D eigenvalue weighted by Gasteiger charge is -2.31. The van der Waals surface area contributed by atoms with Crippen molar-refractivity contribution in [2.24, 2.45) is 17.8 Å². The second-order valence-electron chi connectivity index (χ2n) is 9.47. The minimum absolute atomic E-state index is 0.131. The third-order valence-corrected chi connectivity index (χ3v) is 6.83. The largest absolute Gasteiger partial charge is 0.326 e. The number of hydrogen-bond donors (Lipinski definition) is 2. The standard InChI is InChI=1S/C17H23N.C8H7Cl2NO.C4H11N/c1-13(2)17-8-4-6-15(11-17)9-14-5-3-7-16(10-14)12-18;1-5(12)11-6-2-3-7(9)8(10)4-6;1-3-4-5-2/h3,5,7,10,13,15,17H,4,6,8-9,11H2,1-2H3;2-4H,1H3,(H,11,12);5H,3-4H2,1-2H3. The number of carbonyl (C=O) groups excluding carboxylic acids is 1. The number of carbonyl (C=O) groups is 1. The van der Waals surface area contributed by atoms with E-state index in [0.29, 0.717) is 15.7 Å². The fraction of sp³-hybridized carbons (Fsp3) is 0.517. The number of rotatable bonds is 6. The molecule has 6 heteroatoms. The van der Waals surface area contributed by atoms with Crippen LogP contribution in [0.2, 0.25) is 10.0 Å². The van der Waals surface area contributed by atoms with E-state index in [1.165, 1.54) is 44.6 Å². The van der Waals surface area contributed by atoms with Crippen molar-refractivity contribution in [2.75, 3.05) is 18.9 Å². The summed E-state index contributed by atoms with van der Waals surface area (Å²) < 4.78 is 0. The van der Waals surface area contributed by atoms with E-state index in [9.17, 15) is 4.79 Å². The molecular formula is C29H41Cl2N3O. The van der Waals surface area contributed by atoms with Crippen LogP contribution in [0.4, 0.5) is 5.69 Å². The Balaban J connectivity index is 0.000000310. The van der Waals surface area contributed by atoms with Gasteiger partial charge >= 0.3 is 0 Å². The molecule has 35 heavy (non-hydrogen) atoms. The maximum Gasteiger partial charge on any atom is 0.221 e. The van der Waals surface area contributed by atoms with Crippen molar-refractivity contribution >= 4 is 34.8 Å². The predicted octanol–water partition coefficient (Wildman–Crippen LogP) is 8.13. The van der Waals surface area contributed by atoms with Crippen molar-refractivity contribution in [3.63, 3.8) is 0 Å². The Kier molecular flexibility index (Phi) is 15.4. The smallest absolute Gasteiger partial charge is 0.221 e. The van der Waals surface area contributed by atoms with Gasteiger partial charge in [0.05, 0.1) is 21.7 Å². The van der Waals surface area contributed by atoms with Gasteiger partial charge in [0.1, 0.15) is 0 Å². The summed E-state index contributed by atoms with van der Waals surface area (Å²) in [7, 11) is 1.96. The van der Waals surface area contributed by atoms with Crippen molar-refractivity contribution in [2.45, 2.75) is 66.2 Å². The van der Waals surface area contributed by atoms with E-state index < -0.39 is 0 Å². The normalized spacial score (nSPS) is 16.8. The zero-order valence-corrected chi connectivity index (χ0v) is 23.3. The van der Waals surface area contributed by atoms with E-state index in [-0.39, 0.29) is 5.91 Å². The minimum atomic E-state index is -0.131. The number of amides is 1. The summed E-state index contributed by atoms with van der Waals surface area (Å²) in [6.45, 7) is 9.42. The number of nitrogens with zero attached hydrogens (tertiary/aromatic N) is 1. The number of hydrogen-bond acceptors (Lipinski definition) is 3. The summed E-state index contributed by atoms with van der Waals surface area (Å²) >= 11 is 11.4. The first-order valence-electron chi connectivity index (χ1n) is 12.6. The molecule has 0 heterocycles. The quantitative estimate of drug-likeness (QED) is 0.406. The first kappa shape index (κ1) is 31.0. The Labute approximate surface area is 222 Å². The highest BCUT2D eigenvalue weighted by atomic mass is 35.5. The second kappa shape index (κ2) is 17.4. The van der Waals surface area contributed by atoms with E-state index in [1.54, 1.807) is 18.2 Å². The molecule has 1 amide bonds. The Morgan fingerprint density at radius 2 is 1.89 bits per heavy atom. The maximum absolute atomic E-state index is 10.6. The Hall–Kier alpha value is -2.06. The molecule has 1 aliphatic rings. The number of anilines is 1. The highest BCUT2D eigenvalue weighted by molar-refractivity contribution is 6.42. The third-order valence-electron chi connectivity index (χ3n) is 6.09. The fourth-order valence-corrected chi connectivity index (χ4v) is 4.55. The van der Waals surface area contributed by atoms with Gasteiger partial charge < -0.3 is 10.6 Å². The maximum atomic E-state index is 10.6. The Bertz CT molecular complexity index is 938. The highest BCUT2D eigenvalue weighted by Crippen LogP contribution is 2.35. The average Bonchev–Trinajstić information content (AvgIpc) is 2.83. The molecule has 4 nitrogen and oxygen atoms in total. The molecule has 0 radical (unpaired) electrons. The van der Waals surface area contributed by atoms with Crippen molar-refractivity contribution < 1.29 is 4.79 Å². The Morgan fingerprint density at radius 1 is 1.14 bits per heavy atom. The minimum Gasteiger partial charge on any atom is -0.326 e. The van der Waals surface area contributed by atoms with Gasteiger partial charge in [0.25, 0.3) is 0 Å². The van der Waals surface area contributed by atoms with Crippen molar-refractivity contribution in [1.82, 2.24) is 5.32 Å². The van der Waals surface area contributed by atoms with E-state index >= 15 is 0 Å². The molecule has 2 aromatic carbocycles. The molecule has 1 fully saturated rings. The van der Waals surface area contributed by atoms with Crippen molar-refractivity contribution in [1.29, 1.82) is 5.26 Å². The molecule has 3 rings (SSSR count). The summed E-state index contributed by atoms with van der Waals surface area (Å²) in [4.78, 5) is 10.6. The van der Waals surface area contributed by atoms with Crippen molar-refractivity contribution in [3.8, 4) is 6.07 Å². The average molecular weight is 519 g/mol. The molecule has 2 N–H and O–H groups in total. The number of nitriles is 1. The molecule has 2 atom stereocenters. The van der Waals surface area contributed by atoms with Crippen LogP contribution in [0, 0.1) is 29.1 Å². The van der Waals surface area contributed by atoms with Crippen LogP contribution in [-0.4, -0.2) is 19.5 Å². The van der Waals surface area contributed by atoms with Gasteiger partial charge in [-0.15, -0.1) is 0 Å². The van der Waals surface area contributed by atoms with Gasteiger partial charge in [-0.05, 0) is 86.5 Å². The highest BCUT2D eigenvalue weighted by Gasteiger charge is 2.24. The zero-order valence-electron chi connectivity index (χ0n) is 21.8. The first-order valence-corrected chi connectivity index (χ1v) is 13.3. The van der Waals surface area contributed by atoms with Gasteiger partial charge in [0.2, 0.25) is 5.91 Å². The van der Waals surface area contributed by atoms with Crippen LogP contribution in [0.3, 0.4) is 0 Å². The molecule has 1 saturated carbocycles. The molecule has 0 aromatic heterocycles. The van der Waals surface area contributed by atoms with E-state index in [2.05, 4.69) is 49.6 Å². The van der Waals surface area contributed by atoms with Gasteiger partial charge in [0, 0.05) is 12.6 Å². The summed E-state index contributed by atoms with van der Waals surface area (Å²) in [6, 6.07) is 15.3. The van der Waals surface area contributed by atoms with Crippen molar-refractivity contribution in [3.05, 3.63) is 63.6 Å². The molecule has 0 spiro atoms. The molecule has 2 aromatic rings. The number of nitrogens with one attached hydrogen (secondary N) is 2. The summed E-state index contributed by atoms with van der Waals surface area (Å²) in [5, 5.41) is 15.5. The van der Waals surface area contributed by atoms with Gasteiger partial charge in [-0.2, -0.15) is 5.26 Å². The summed E-state index contributed by atoms with van der Waals surface area (Å²) in [6.07, 6.45) is 7.90. The zero-order chi connectivity index (χ0) is 26.2. The van der Waals surface area contributed by atoms with Gasteiger partial charge in [-0.25, -0.2) is 0 Å². The first-order chi connectivity index (χ1) is 16.7. The Morgan fingerprint density at radius 3 is 2.43 bits per heavy atom. The second-order valence-corrected chi connectivity index (χ2v) is 10.3. The third kappa shape index (κ3) is 13.0. The van der Waals surface area contributed by atoms with Crippen LogP contribution >= 0.6 is 23.2 Å². The SMILES string of the molecule is CC(=O)Nc1ccc(Cl)c(Cl)c1.CC(C)C1CCCC(Cc2cccc(C#N)c2)C1.CCCNC. The molecule has 1 aliphatic carbocycles. The van der Waals surface area contributed by atoms with Crippen LogP contribution in [0.5, 0.6) is 0 Å². The summed E-state index contributed by atoms with van der Waals surface area (Å²) in [5.74, 6) is 2.41. The van der Waals surface area contributed by atoms with Gasteiger partial charge in [-0.3, -0.25) is 4.79 Å².